The molecule has 1 N–H and O–H groups in total. The molecule has 1 amide bonds. The van der Waals surface area contributed by atoms with Gasteiger partial charge in [-0.3, -0.25) is 9.59 Å². The lowest BCUT2D eigenvalue weighted by atomic mass is 10.3. The van der Waals surface area contributed by atoms with Crippen LogP contribution in [0, 0.1) is 0 Å². The van der Waals surface area contributed by atoms with Crippen LogP contribution < -0.4 is 10.9 Å². The number of halogens is 1. The van der Waals surface area contributed by atoms with Gasteiger partial charge in [0.05, 0.1) is 0 Å². The predicted molar refractivity (Wildman–Crippen MR) is 59.9 cm³/mol. The van der Waals surface area contributed by atoms with Gasteiger partial charge in [-0.25, -0.2) is 4.68 Å². The van der Waals surface area contributed by atoms with E-state index in [-0.39, 0.29) is 17.2 Å². The third-order valence-corrected chi connectivity index (χ3v) is 1.91. The molecule has 0 atom stereocenters. The third-order valence-electron chi connectivity index (χ3n) is 1.63. The molecule has 0 radical (unpaired) electrons. The Hall–Kier alpha value is -1.43. The highest BCUT2D eigenvalue weighted by atomic mass is 79.9. The van der Waals surface area contributed by atoms with Crippen molar-refractivity contribution in [2.45, 2.75) is 0 Å². The summed E-state index contributed by atoms with van der Waals surface area (Å²) in [6, 6.07) is 2.68. The molecule has 1 heterocycles. The van der Waals surface area contributed by atoms with Crippen molar-refractivity contribution >= 4 is 21.8 Å². The molecule has 1 aromatic rings. The van der Waals surface area contributed by atoms with E-state index in [1.807, 2.05) is 0 Å². The number of rotatable bonds is 3. The highest BCUT2D eigenvalue weighted by Crippen LogP contribution is 1.98. The fourth-order valence-corrected chi connectivity index (χ4v) is 1.03. The van der Waals surface area contributed by atoms with Crippen LogP contribution in [0.4, 0.5) is 0 Å². The lowest BCUT2D eigenvalue weighted by Crippen LogP contribution is -2.29. The molecule has 0 aliphatic rings. The van der Waals surface area contributed by atoms with Crippen LogP contribution in [0.2, 0.25) is 0 Å². The Bertz CT molecular complexity index is 453. The van der Waals surface area contributed by atoms with E-state index in [1.165, 1.54) is 19.2 Å². The van der Waals surface area contributed by atoms with Gasteiger partial charge in [0.2, 0.25) is 0 Å². The second-order valence-corrected chi connectivity index (χ2v) is 4.00. The van der Waals surface area contributed by atoms with Crippen LogP contribution in [0.25, 0.3) is 0 Å². The second kappa shape index (κ2) is 4.88. The Morgan fingerprint density at radius 1 is 1.67 bits per heavy atom. The quantitative estimate of drug-likeness (QED) is 0.867. The molecule has 0 spiro atoms. The largest absolute Gasteiger partial charge is 0.346 e. The van der Waals surface area contributed by atoms with E-state index in [2.05, 4.69) is 32.9 Å². The molecule has 0 aliphatic carbocycles. The number of nitrogens with one attached hydrogen (secondary N) is 1. The third kappa shape index (κ3) is 3.32. The van der Waals surface area contributed by atoms with Gasteiger partial charge in [-0.05, 0) is 6.07 Å². The summed E-state index contributed by atoms with van der Waals surface area (Å²) in [5.74, 6) is -0.341. The van der Waals surface area contributed by atoms with Gasteiger partial charge < -0.3 is 5.32 Å². The van der Waals surface area contributed by atoms with Crippen LogP contribution in [0.3, 0.4) is 0 Å². The van der Waals surface area contributed by atoms with Crippen molar-refractivity contribution in [3.63, 3.8) is 0 Å². The normalized spacial score (nSPS) is 9.73. The number of hydrogen-bond donors (Lipinski definition) is 1. The first-order chi connectivity index (χ1) is 7.00. The summed E-state index contributed by atoms with van der Waals surface area (Å²) in [5, 5.41) is 6.38. The van der Waals surface area contributed by atoms with Crippen LogP contribution in [-0.4, -0.2) is 22.2 Å². The summed E-state index contributed by atoms with van der Waals surface area (Å²) in [7, 11) is 1.49. The second-order valence-electron chi connectivity index (χ2n) is 2.88. The van der Waals surface area contributed by atoms with E-state index in [9.17, 15) is 9.59 Å². The van der Waals surface area contributed by atoms with E-state index in [0.717, 1.165) is 4.68 Å². The van der Waals surface area contributed by atoms with Gasteiger partial charge in [-0.15, -0.1) is 0 Å². The number of nitrogens with zero attached hydrogens (tertiary/aromatic N) is 2. The van der Waals surface area contributed by atoms with Gasteiger partial charge in [0, 0.05) is 24.1 Å². The number of aryl methyl sites for hydroxylation is 1. The van der Waals surface area contributed by atoms with Gasteiger partial charge in [-0.2, -0.15) is 5.10 Å². The van der Waals surface area contributed by atoms with Gasteiger partial charge in [-0.1, -0.05) is 22.5 Å². The fraction of sp³-hybridized carbons (Fsp3) is 0.222. The number of carbonyl (C=O) groups excluding carboxylic acids is 1. The van der Waals surface area contributed by atoms with Crippen molar-refractivity contribution in [1.82, 2.24) is 15.1 Å². The van der Waals surface area contributed by atoms with E-state index in [1.54, 1.807) is 0 Å². The van der Waals surface area contributed by atoms with E-state index in [4.69, 9.17) is 0 Å². The molecule has 5 nitrogen and oxygen atoms in total. The highest BCUT2D eigenvalue weighted by Gasteiger charge is 2.07. The number of hydrogen-bond acceptors (Lipinski definition) is 3. The average molecular weight is 272 g/mol. The van der Waals surface area contributed by atoms with Crippen molar-refractivity contribution in [3.05, 3.63) is 39.2 Å². The van der Waals surface area contributed by atoms with Crippen LogP contribution in [0.5, 0.6) is 0 Å². The molecule has 0 bridgehead atoms. The zero-order chi connectivity index (χ0) is 11.4. The Morgan fingerprint density at radius 3 is 2.87 bits per heavy atom. The van der Waals surface area contributed by atoms with Crippen LogP contribution in [0.15, 0.2) is 28.0 Å². The van der Waals surface area contributed by atoms with Crippen molar-refractivity contribution in [2.24, 2.45) is 7.05 Å². The van der Waals surface area contributed by atoms with Crippen LogP contribution in [0.1, 0.15) is 10.5 Å². The molecule has 0 aliphatic heterocycles. The van der Waals surface area contributed by atoms with E-state index >= 15 is 0 Å². The summed E-state index contributed by atoms with van der Waals surface area (Å²) in [6.45, 7) is 3.90. The SMILES string of the molecule is C=C(Br)CNC(=O)c1ccc(=O)n(C)n1. The maximum atomic E-state index is 11.5. The van der Waals surface area contributed by atoms with Crippen molar-refractivity contribution < 1.29 is 4.79 Å². The predicted octanol–water partition coefficient (Wildman–Crippen LogP) is 0.419. The first-order valence-electron chi connectivity index (χ1n) is 4.16. The number of aromatic nitrogens is 2. The standard InChI is InChI=1S/C9H10BrN3O2/c1-6(10)5-11-9(15)7-3-4-8(14)13(2)12-7/h3-4H,1,5H2,2H3,(H,11,15). The molecule has 0 fully saturated rings. The molecule has 0 aromatic carbocycles. The summed E-state index contributed by atoms with van der Waals surface area (Å²) in [5.41, 5.74) is -0.0534. The van der Waals surface area contributed by atoms with Crippen molar-refractivity contribution in [3.8, 4) is 0 Å². The molecule has 15 heavy (non-hydrogen) atoms. The van der Waals surface area contributed by atoms with E-state index < -0.39 is 0 Å². The molecular weight excluding hydrogens is 262 g/mol. The zero-order valence-electron chi connectivity index (χ0n) is 8.16. The maximum Gasteiger partial charge on any atom is 0.272 e. The molecule has 0 saturated heterocycles. The molecule has 0 unspecified atom stereocenters. The molecule has 80 valence electrons. The number of amides is 1. The summed E-state index contributed by atoms with van der Waals surface area (Å²) < 4.78 is 1.78. The highest BCUT2D eigenvalue weighted by molar-refractivity contribution is 9.11. The summed E-state index contributed by atoms with van der Waals surface area (Å²) >= 11 is 3.12. The fourth-order valence-electron chi connectivity index (χ4n) is 0.890. The van der Waals surface area contributed by atoms with Crippen LogP contribution >= 0.6 is 15.9 Å². The van der Waals surface area contributed by atoms with Gasteiger partial charge >= 0.3 is 0 Å². The zero-order valence-corrected chi connectivity index (χ0v) is 9.74. The summed E-state index contributed by atoms with van der Waals surface area (Å²) in [4.78, 5) is 22.5. The molecule has 0 saturated carbocycles. The van der Waals surface area contributed by atoms with Crippen molar-refractivity contribution in [1.29, 1.82) is 0 Å². The number of carbonyl (C=O) groups is 1. The minimum atomic E-state index is -0.341. The molecule has 6 heteroatoms. The molecule has 1 rings (SSSR count). The Morgan fingerprint density at radius 2 is 2.33 bits per heavy atom. The first kappa shape index (κ1) is 11.6. The van der Waals surface area contributed by atoms with E-state index in [0.29, 0.717) is 11.0 Å². The monoisotopic (exact) mass is 271 g/mol. The lowest BCUT2D eigenvalue weighted by Gasteiger charge is -2.03. The van der Waals surface area contributed by atoms with Crippen LogP contribution in [-0.2, 0) is 7.05 Å². The Labute approximate surface area is 94.9 Å². The van der Waals surface area contributed by atoms with Gasteiger partial charge in [0.25, 0.3) is 11.5 Å². The Balaban J connectivity index is 2.78. The Kier molecular flexibility index (Phi) is 3.79. The lowest BCUT2D eigenvalue weighted by molar-refractivity contribution is 0.0950. The summed E-state index contributed by atoms with van der Waals surface area (Å²) in [6.07, 6.45) is 0. The first-order valence-corrected chi connectivity index (χ1v) is 4.96. The maximum absolute atomic E-state index is 11.5. The minimum Gasteiger partial charge on any atom is -0.346 e. The van der Waals surface area contributed by atoms with Crippen molar-refractivity contribution in [2.75, 3.05) is 6.54 Å². The van der Waals surface area contributed by atoms with Gasteiger partial charge in [0.15, 0.2) is 0 Å². The average Bonchev–Trinajstić information content (AvgIpc) is 2.18. The molecular formula is C9H10BrN3O2. The minimum absolute atomic E-state index is 0.200. The topological polar surface area (TPSA) is 64.0 Å². The smallest absolute Gasteiger partial charge is 0.272 e. The molecule has 1 aromatic heterocycles. The van der Waals surface area contributed by atoms with Gasteiger partial charge in [0.1, 0.15) is 5.69 Å².